The van der Waals surface area contributed by atoms with E-state index in [2.05, 4.69) is 15.3 Å². The standard InChI is InChI=1S/C20H24ClFN4O2/c1-12-8-14-17(10-18(12)28-7-3-2-4-19(23)27)24-11-25-20(14)26-13-5-6-16(22)15(21)9-13/h5-6,9-11,14,19,27H,2-4,7-8,23H2,1H3,(H,24,25,26). The number of unbranched alkanes of at least 4 members (excludes halogenated alkanes) is 1. The predicted molar refractivity (Wildman–Crippen MR) is 109 cm³/mol. The highest BCUT2D eigenvalue weighted by molar-refractivity contribution is 6.31. The molecule has 28 heavy (non-hydrogen) atoms. The van der Waals surface area contributed by atoms with Crippen molar-refractivity contribution in [3.63, 3.8) is 0 Å². The van der Waals surface area contributed by atoms with Crippen LogP contribution in [0.1, 0.15) is 32.6 Å². The van der Waals surface area contributed by atoms with Crippen LogP contribution in [0.3, 0.4) is 0 Å². The lowest BCUT2D eigenvalue weighted by Crippen LogP contribution is -2.32. The van der Waals surface area contributed by atoms with E-state index in [0.717, 1.165) is 36.3 Å². The van der Waals surface area contributed by atoms with Gasteiger partial charge in [-0.3, -0.25) is 0 Å². The summed E-state index contributed by atoms with van der Waals surface area (Å²) in [6.07, 6.45) is 5.72. The number of halogens is 2. The van der Waals surface area contributed by atoms with E-state index in [9.17, 15) is 4.39 Å². The largest absolute Gasteiger partial charge is 0.494 e. The van der Waals surface area contributed by atoms with E-state index in [1.54, 1.807) is 12.4 Å². The number of hydrogen-bond acceptors (Lipinski definition) is 5. The molecule has 2 unspecified atom stereocenters. The molecule has 3 rings (SSSR count). The molecule has 6 nitrogen and oxygen atoms in total. The first-order chi connectivity index (χ1) is 13.4. The Bertz CT molecular complexity index is 849. The smallest absolute Gasteiger partial charge is 0.141 e. The quantitative estimate of drug-likeness (QED) is 0.474. The Kier molecular flexibility index (Phi) is 6.83. The molecule has 1 aliphatic heterocycles. The van der Waals surface area contributed by atoms with E-state index >= 15 is 0 Å². The number of hydrogen-bond donors (Lipinski definition) is 3. The number of aliphatic imine (C=N–C) groups is 2. The van der Waals surface area contributed by atoms with Gasteiger partial charge in [0.05, 0.1) is 29.6 Å². The van der Waals surface area contributed by atoms with E-state index in [1.165, 1.54) is 12.1 Å². The Morgan fingerprint density at radius 2 is 2.29 bits per heavy atom. The molecular weight excluding hydrogens is 383 g/mol. The van der Waals surface area contributed by atoms with Crippen molar-refractivity contribution < 1.29 is 14.2 Å². The molecule has 0 fully saturated rings. The number of allylic oxidation sites excluding steroid dienone is 2. The van der Waals surface area contributed by atoms with Crippen LogP contribution < -0.4 is 11.1 Å². The zero-order chi connectivity index (χ0) is 20.1. The summed E-state index contributed by atoms with van der Waals surface area (Å²) in [6.45, 7) is 2.59. The molecular formula is C20H24ClFN4O2. The van der Waals surface area contributed by atoms with Gasteiger partial charge in [0.15, 0.2) is 0 Å². The van der Waals surface area contributed by atoms with Crippen molar-refractivity contribution >= 4 is 29.5 Å². The highest BCUT2D eigenvalue weighted by Crippen LogP contribution is 2.33. The molecule has 1 aromatic rings. The number of ether oxygens (including phenoxy) is 1. The van der Waals surface area contributed by atoms with E-state index in [4.69, 9.17) is 27.2 Å². The van der Waals surface area contributed by atoms with Gasteiger partial charge in [-0.05, 0) is 56.4 Å². The van der Waals surface area contributed by atoms with Gasteiger partial charge >= 0.3 is 0 Å². The minimum Gasteiger partial charge on any atom is -0.494 e. The first-order valence-electron chi connectivity index (χ1n) is 9.24. The van der Waals surface area contributed by atoms with Crippen molar-refractivity contribution in [3.05, 3.63) is 52.1 Å². The van der Waals surface area contributed by atoms with Crippen LogP contribution in [0, 0.1) is 11.7 Å². The molecule has 0 spiro atoms. The zero-order valence-corrected chi connectivity index (χ0v) is 16.4. The van der Waals surface area contributed by atoms with Crippen molar-refractivity contribution in [3.8, 4) is 0 Å². The van der Waals surface area contributed by atoms with Gasteiger partial charge in [-0.25, -0.2) is 14.4 Å². The minimum absolute atomic E-state index is 0.0198. The van der Waals surface area contributed by atoms with Crippen molar-refractivity contribution in [1.82, 2.24) is 5.32 Å². The first-order valence-corrected chi connectivity index (χ1v) is 9.62. The molecule has 1 aromatic carbocycles. The van der Waals surface area contributed by atoms with Crippen molar-refractivity contribution in [2.45, 2.75) is 38.8 Å². The predicted octanol–water partition coefficient (Wildman–Crippen LogP) is 3.78. The molecule has 0 amide bonds. The molecule has 0 saturated heterocycles. The number of nitrogens with one attached hydrogen (secondary N) is 1. The van der Waals surface area contributed by atoms with Crippen LogP contribution >= 0.6 is 11.6 Å². The fourth-order valence-corrected chi connectivity index (χ4v) is 3.29. The Hall–Kier alpha value is -2.22. The molecule has 2 aliphatic rings. The second-order valence-electron chi connectivity index (χ2n) is 6.88. The maximum Gasteiger partial charge on any atom is 0.141 e. The summed E-state index contributed by atoms with van der Waals surface area (Å²) in [5.74, 6) is 0.988. The van der Waals surface area contributed by atoms with Crippen LogP contribution in [0.2, 0.25) is 5.02 Å². The van der Waals surface area contributed by atoms with Gasteiger partial charge < -0.3 is 20.9 Å². The third kappa shape index (κ3) is 5.19. The van der Waals surface area contributed by atoms with Gasteiger partial charge in [0.25, 0.3) is 0 Å². The molecule has 0 bridgehead atoms. The fourth-order valence-electron chi connectivity index (χ4n) is 3.11. The molecule has 0 aromatic heterocycles. The lowest BCUT2D eigenvalue weighted by atomic mass is 9.89. The van der Waals surface area contributed by atoms with Crippen LogP contribution in [0.25, 0.3) is 0 Å². The summed E-state index contributed by atoms with van der Waals surface area (Å²) in [7, 11) is 0. The number of nitrogens with two attached hydrogens (primary N) is 1. The van der Waals surface area contributed by atoms with Gasteiger partial charge in [0.2, 0.25) is 0 Å². The third-order valence-electron chi connectivity index (χ3n) is 4.63. The number of aliphatic hydroxyl groups excluding tert-OH is 1. The van der Waals surface area contributed by atoms with Gasteiger partial charge in [-0.1, -0.05) is 11.6 Å². The maximum atomic E-state index is 13.4. The highest BCUT2D eigenvalue weighted by atomic mass is 35.5. The Morgan fingerprint density at radius 3 is 3.04 bits per heavy atom. The summed E-state index contributed by atoms with van der Waals surface area (Å²) in [5, 5.41) is 12.3. The van der Waals surface area contributed by atoms with Crippen molar-refractivity contribution in [2.24, 2.45) is 21.6 Å². The lowest BCUT2D eigenvalue weighted by molar-refractivity contribution is 0.158. The van der Waals surface area contributed by atoms with Gasteiger partial charge in [0, 0.05) is 11.8 Å². The second kappa shape index (κ2) is 9.32. The van der Waals surface area contributed by atoms with Crippen molar-refractivity contribution in [2.75, 3.05) is 6.61 Å². The number of aliphatic hydroxyl groups is 1. The van der Waals surface area contributed by atoms with Gasteiger partial charge in [-0.2, -0.15) is 0 Å². The first kappa shape index (κ1) is 20.5. The number of benzene rings is 1. The number of rotatable bonds is 7. The average molecular weight is 407 g/mol. The summed E-state index contributed by atoms with van der Waals surface area (Å²) in [5.41, 5.74) is 7.96. The van der Waals surface area contributed by atoms with Gasteiger partial charge in [0.1, 0.15) is 23.6 Å². The highest BCUT2D eigenvalue weighted by Gasteiger charge is 2.28. The molecule has 0 saturated carbocycles. The maximum absolute atomic E-state index is 13.4. The zero-order valence-electron chi connectivity index (χ0n) is 15.7. The Morgan fingerprint density at radius 1 is 1.46 bits per heavy atom. The fraction of sp³-hybridized carbons (Fsp3) is 0.400. The SMILES string of the molecule is CC1=C(OCCCCC(N)O)C=C2NC=NC(=Nc3ccc(F)c(Cl)c3)C2C1. The molecule has 8 heteroatoms. The molecule has 1 heterocycles. The Balaban J connectivity index is 1.68. The molecule has 4 N–H and O–H groups in total. The van der Waals surface area contributed by atoms with Crippen LogP contribution in [-0.4, -0.2) is 30.1 Å². The molecule has 0 radical (unpaired) electrons. The third-order valence-corrected chi connectivity index (χ3v) is 4.92. The van der Waals surface area contributed by atoms with Crippen LogP contribution in [0.15, 0.2) is 51.3 Å². The summed E-state index contributed by atoms with van der Waals surface area (Å²) >= 11 is 5.85. The normalized spacial score (nSPS) is 21.2. The summed E-state index contributed by atoms with van der Waals surface area (Å²) < 4.78 is 19.3. The molecule has 1 aliphatic carbocycles. The van der Waals surface area contributed by atoms with Crippen LogP contribution in [-0.2, 0) is 4.74 Å². The second-order valence-corrected chi connectivity index (χ2v) is 7.29. The van der Waals surface area contributed by atoms with E-state index in [-0.39, 0.29) is 10.9 Å². The Labute approximate surface area is 168 Å². The van der Waals surface area contributed by atoms with Crippen LogP contribution in [0.4, 0.5) is 10.1 Å². The van der Waals surface area contributed by atoms with E-state index in [0.29, 0.717) is 24.6 Å². The number of nitrogens with zero attached hydrogens (tertiary/aromatic N) is 2. The average Bonchev–Trinajstić information content (AvgIpc) is 2.65. The summed E-state index contributed by atoms with van der Waals surface area (Å²) in [6, 6.07) is 4.36. The minimum atomic E-state index is -0.766. The van der Waals surface area contributed by atoms with E-state index in [1.807, 2.05) is 13.0 Å². The summed E-state index contributed by atoms with van der Waals surface area (Å²) in [4.78, 5) is 8.92. The molecule has 2 atom stereocenters. The van der Waals surface area contributed by atoms with E-state index < -0.39 is 12.0 Å². The topological polar surface area (TPSA) is 92.2 Å². The monoisotopic (exact) mass is 406 g/mol. The van der Waals surface area contributed by atoms with Crippen LogP contribution in [0.5, 0.6) is 0 Å². The lowest BCUT2D eigenvalue weighted by Gasteiger charge is -2.28. The number of fused-ring (bicyclic) bond motifs is 1. The molecule has 150 valence electrons. The van der Waals surface area contributed by atoms with Crippen molar-refractivity contribution in [1.29, 1.82) is 0 Å². The van der Waals surface area contributed by atoms with Gasteiger partial charge in [-0.15, -0.1) is 0 Å². The number of amidine groups is 1.